The lowest BCUT2D eigenvalue weighted by molar-refractivity contribution is -0.173. The first-order valence-electron chi connectivity index (χ1n) is 6.74. The average Bonchev–Trinajstić information content (AvgIpc) is 2.50. The zero-order valence-corrected chi connectivity index (χ0v) is 13.0. The molecule has 0 radical (unpaired) electrons. The van der Waals surface area contributed by atoms with Gasteiger partial charge in [0, 0.05) is 19.3 Å². The van der Waals surface area contributed by atoms with Gasteiger partial charge in [0.1, 0.15) is 0 Å². The number of hydrogen-bond donors (Lipinski definition) is 1. The fourth-order valence-electron chi connectivity index (χ4n) is 1.86. The lowest BCUT2D eigenvalue weighted by Gasteiger charge is -2.09. The third-order valence-electron chi connectivity index (χ3n) is 3.04. The molecule has 0 saturated carbocycles. The Morgan fingerprint density at radius 1 is 1.35 bits per heavy atom. The Morgan fingerprint density at radius 3 is 2.74 bits per heavy atom. The van der Waals surface area contributed by atoms with Gasteiger partial charge in [0.25, 0.3) is 5.56 Å². The maximum atomic E-state index is 12.2. The van der Waals surface area contributed by atoms with Crippen molar-refractivity contribution in [1.29, 1.82) is 0 Å². The molecule has 0 spiro atoms. The second-order valence-electron chi connectivity index (χ2n) is 4.73. The van der Waals surface area contributed by atoms with Crippen LogP contribution < -0.4 is 10.9 Å². The van der Waals surface area contributed by atoms with E-state index in [-0.39, 0.29) is 12.1 Å². The number of carbonyl (C=O) groups is 1. The Labute approximate surface area is 133 Å². The second kappa shape index (κ2) is 7.03. The number of hydrogen-bond acceptors (Lipinski definition) is 4. The van der Waals surface area contributed by atoms with Crippen molar-refractivity contribution in [2.45, 2.75) is 17.8 Å². The fourth-order valence-corrected chi connectivity index (χ4v) is 2.78. The number of aromatic nitrogens is 2. The molecule has 0 unspecified atom stereocenters. The van der Waals surface area contributed by atoms with E-state index in [1.807, 2.05) is 0 Å². The first kappa shape index (κ1) is 17.3. The third-order valence-corrected chi connectivity index (χ3v) is 4.15. The van der Waals surface area contributed by atoms with Crippen molar-refractivity contribution in [2.24, 2.45) is 7.05 Å². The summed E-state index contributed by atoms with van der Waals surface area (Å²) in [4.78, 5) is 27.2. The van der Waals surface area contributed by atoms with Crippen LogP contribution in [0.5, 0.6) is 0 Å². The molecule has 9 heteroatoms. The number of thioether (sulfide) groups is 1. The minimum atomic E-state index is -4.86. The molecule has 0 atom stereocenters. The van der Waals surface area contributed by atoms with Gasteiger partial charge in [-0.25, -0.2) is 4.98 Å². The molecule has 23 heavy (non-hydrogen) atoms. The van der Waals surface area contributed by atoms with E-state index in [2.05, 4.69) is 4.98 Å². The van der Waals surface area contributed by atoms with Gasteiger partial charge in [-0.15, -0.1) is 0 Å². The van der Waals surface area contributed by atoms with Crippen LogP contribution in [0.2, 0.25) is 0 Å². The topological polar surface area (TPSA) is 64.0 Å². The average molecular weight is 345 g/mol. The number of para-hydroxylation sites is 1. The van der Waals surface area contributed by atoms with Crippen molar-refractivity contribution in [3.8, 4) is 0 Å². The van der Waals surface area contributed by atoms with E-state index < -0.39 is 12.1 Å². The standard InChI is InChI=1S/C14H14F3N3O2S/c1-20-11(21)9-5-2-3-6-10(9)19-13(20)23-8-4-7-18-12(22)14(15,16)17/h2-3,5-6H,4,7-8H2,1H3,(H,18,22). The zero-order valence-electron chi connectivity index (χ0n) is 12.2. The van der Waals surface area contributed by atoms with Crippen molar-refractivity contribution >= 4 is 28.6 Å². The molecule has 1 aromatic heterocycles. The molecule has 1 amide bonds. The predicted octanol–water partition coefficient (Wildman–Crippen LogP) is 2.09. The first-order chi connectivity index (χ1) is 10.8. The van der Waals surface area contributed by atoms with E-state index in [0.717, 1.165) is 0 Å². The number of halogens is 3. The van der Waals surface area contributed by atoms with Crippen LogP contribution in [0.15, 0.2) is 34.2 Å². The van der Waals surface area contributed by atoms with Crippen LogP contribution in [0.4, 0.5) is 13.2 Å². The summed E-state index contributed by atoms with van der Waals surface area (Å²) in [6.45, 7) is -0.0904. The van der Waals surface area contributed by atoms with Crippen LogP contribution >= 0.6 is 11.8 Å². The van der Waals surface area contributed by atoms with Crippen LogP contribution in [-0.2, 0) is 11.8 Å². The normalized spacial score (nSPS) is 11.7. The largest absolute Gasteiger partial charge is 0.471 e. The molecule has 124 valence electrons. The molecule has 0 aliphatic carbocycles. The Kier molecular flexibility index (Phi) is 5.30. The van der Waals surface area contributed by atoms with Gasteiger partial charge in [-0.2, -0.15) is 13.2 Å². The van der Waals surface area contributed by atoms with Crippen LogP contribution in [0, 0.1) is 0 Å². The summed E-state index contributed by atoms with van der Waals surface area (Å²) in [6.07, 6.45) is -4.54. The second-order valence-corrected chi connectivity index (χ2v) is 5.79. The number of nitrogens with one attached hydrogen (secondary N) is 1. The minimum absolute atomic E-state index is 0.0904. The minimum Gasteiger partial charge on any atom is -0.348 e. The summed E-state index contributed by atoms with van der Waals surface area (Å²) in [5.41, 5.74) is 0.395. The third kappa shape index (κ3) is 4.25. The van der Waals surface area contributed by atoms with Crippen molar-refractivity contribution in [3.05, 3.63) is 34.6 Å². The first-order valence-corrected chi connectivity index (χ1v) is 7.73. The highest BCUT2D eigenvalue weighted by atomic mass is 32.2. The molecule has 1 aromatic carbocycles. The van der Waals surface area contributed by atoms with E-state index in [1.165, 1.54) is 16.3 Å². The summed E-state index contributed by atoms with van der Waals surface area (Å²) in [5, 5.41) is 2.79. The SMILES string of the molecule is Cn1c(SCCCNC(=O)C(F)(F)F)nc2ccccc2c1=O. The van der Waals surface area contributed by atoms with Gasteiger partial charge in [-0.05, 0) is 18.6 Å². The van der Waals surface area contributed by atoms with Gasteiger partial charge in [0.2, 0.25) is 0 Å². The summed E-state index contributed by atoms with van der Waals surface area (Å²) < 4.78 is 37.4. The van der Waals surface area contributed by atoms with Gasteiger partial charge in [-0.3, -0.25) is 14.2 Å². The smallest absolute Gasteiger partial charge is 0.348 e. The van der Waals surface area contributed by atoms with Gasteiger partial charge >= 0.3 is 12.1 Å². The molecule has 5 nitrogen and oxygen atoms in total. The Morgan fingerprint density at radius 2 is 2.04 bits per heavy atom. The number of carbonyl (C=O) groups excluding carboxylic acids is 1. The van der Waals surface area contributed by atoms with E-state index in [9.17, 15) is 22.8 Å². The maximum Gasteiger partial charge on any atom is 0.471 e. The maximum absolute atomic E-state index is 12.2. The monoisotopic (exact) mass is 345 g/mol. The van der Waals surface area contributed by atoms with Crippen LogP contribution in [0.3, 0.4) is 0 Å². The molecule has 1 heterocycles. The molecule has 2 rings (SSSR count). The van der Waals surface area contributed by atoms with Gasteiger partial charge in [0.15, 0.2) is 5.16 Å². The van der Waals surface area contributed by atoms with E-state index in [1.54, 1.807) is 36.6 Å². The highest BCUT2D eigenvalue weighted by Crippen LogP contribution is 2.18. The molecule has 2 aromatic rings. The van der Waals surface area contributed by atoms with Crippen molar-refractivity contribution in [1.82, 2.24) is 14.9 Å². The van der Waals surface area contributed by atoms with Crippen molar-refractivity contribution in [2.75, 3.05) is 12.3 Å². The van der Waals surface area contributed by atoms with Gasteiger partial charge < -0.3 is 5.32 Å². The van der Waals surface area contributed by atoms with Gasteiger partial charge in [0.05, 0.1) is 10.9 Å². The molecular formula is C14H14F3N3O2S. The van der Waals surface area contributed by atoms with Crippen molar-refractivity contribution in [3.63, 3.8) is 0 Å². The Hall–Kier alpha value is -2.03. The fraction of sp³-hybridized carbons (Fsp3) is 0.357. The summed E-state index contributed by atoms with van der Waals surface area (Å²) in [6, 6.07) is 6.94. The summed E-state index contributed by atoms with van der Waals surface area (Å²) in [7, 11) is 1.59. The van der Waals surface area contributed by atoms with Crippen LogP contribution in [0.25, 0.3) is 10.9 Å². The number of amides is 1. The number of nitrogens with zero attached hydrogens (tertiary/aromatic N) is 2. The number of rotatable bonds is 5. The zero-order chi connectivity index (χ0) is 17.0. The van der Waals surface area contributed by atoms with E-state index in [4.69, 9.17) is 0 Å². The number of benzene rings is 1. The Balaban J connectivity index is 1.94. The quantitative estimate of drug-likeness (QED) is 0.512. The lowest BCUT2D eigenvalue weighted by Crippen LogP contribution is -2.37. The van der Waals surface area contributed by atoms with E-state index >= 15 is 0 Å². The Bertz CT molecular complexity index is 774. The highest BCUT2D eigenvalue weighted by Gasteiger charge is 2.38. The molecular weight excluding hydrogens is 331 g/mol. The summed E-state index contributed by atoms with van der Waals surface area (Å²) in [5.74, 6) is -1.52. The molecule has 0 aliphatic heterocycles. The van der Waals surface area contributed by atoms with E-state index in [0.29, 0.717) is 28.2 Å². The molecule has 0 fully saturated rings. The van der Waals surface area contributed by atoms with Crippen LogP contribution in [0.1, 0.15) is 6.42 Å². The number of fused-ring (bicyclic) bond motifs is 1. The molecule has 1 N–H and O–H groups in total. The van der Waals surface area contributed by atoms with Crippen LogP contribution in [-0.4, -0.2) is 33.9 Å². The molecule has 0 aliphatic rings. The highest BCUT2D eigenvalue weighted by molar-refractivity contribution is 7.99. The molecule has 0 saturated heterocycles. The van der Waals surface area contributed by atoms with Gasteiger partial charge in [-0.1, -0.05) is 23.9 Å². The molecule has 0 bridgehead atoms. The van der Waals surface area contributed by atoms with Crippen molar-refractivity contribution < 1.29 is 18.0 Å². The predicted molar refractivity (Wildman–Crippen MR) is 81.4 cm³/mol. The summed E-state index contributed by atoms with van der Waals surface area (Å²) >= 11 is 1.25. The lowest BCUT2D eigenvalue weighted by atomic mass is 10.2. The number of alkyl halides is 3.